The minimum Gasteiger partial charge on any atom is -0.507 e. The summed E-state index contributed by atoms with van der Waals surface area (Å²) in [6, 6.07) is 18.7. The van der Waals surface area contributed by atoms with E-state index in [0.29, 0.717) is 5.69 Å². The van der Waals surface area contributed by atoms with Gasteiger partial charge in [0.05, 0.1) is 17.7 Å². The van der Waals surface area contributed by atoms with Crippen LogP contribution in [0.15, 0.2) is 71.7 Å². The smallest absolute Gasteiger partial charge is 0.270 e. The number of aromatic hydroxyl groups is 1. The molecule has 0 aromatic heterocycles. The second-order valence-corrected chi connectivity index (χ2v) is 5.66. The number of hydrogen-bond donors (Lipinski definition) is 2. The second-order valence-electron chi connectivity index (χ2n) is 5.66. The van der Waals surface area contributed by atoms with Crippen LogP contribution in [0.1, 0.15) is 5.56 Å². The summed E-state index contributed by atoms with van der Waals surface area (Å²) in [7, 11) is 1.62. The maximum atomic E-state index is 10.8. The van der Waals surface area contributed by atoms with Gasteiger partial charge in [-0.05, 0) is 54.6 Å². The topological polar surface area (TPSA) is 97.0 Å². The van der Waals surface area contributed by atoms with Gasteiger partial charge in [-0.2, -0.15) is 0 Å². The number of nitro benzene ring substituents is 1. The Morgan fingerprint density at radius 3 is 2.26 bits per heavy atom. The van der Waals surface area contributed by atoms with Crippen molar-refractivity contribution in [2.45, 2.75) is 0 Å². The number of nitrogens with zero attached hydrogens (tertiary/aromatic N) is 2. The summed E-state index contributed by atoms with van der Waals surface area (Å²) < 4.78 is 5.13. The number of rotatable bonds is 6. The van der Waals surface area contributed by atoms with Gasteiger partial charge in [-0.15, -0.1) is 0 Å². The highest BCUT2D eigenvalue weighted by molar-refractivity contribution is 5.86. The monoisotopic (exact) mass is 363 g/mol. The number of nitrogens with one attached hydrogen (secondary N) is 1. The molecule has 0 spiro atoms. The van der Waals surface area contributed by atoms with E-state index in [2.05, 4.69) is 10.3 Å². The van der Waals surface area contributed by atoms with Crippen molar-refractivity contribution in [3.63, 3.8) is 0 Å². The van der Waals surface area contributed by atoms with E-state index in [1.165, 1.54) is 24.4 Å². The van der Waals surface area contributed by atoms with Gasteiger partial charge in [0, 0.05) is 35.3 Å². The Morgan fingerprint density at radius 2 is 1.67 bits per heavy atom. The van der Waals surface area contributed by atoms with Crippen molar-refractivity contribution in [2.75, 3.05) is 12.4 Å². The number of anilines is 2. The number of ether oxygens (including phenoxy) is 1. The van der Waals surface area contributed by atoms with Crippen molar-refractivity contribution in [3.05, 3.63) is 82.4 Å². The van der Waals surface area contributed by atoms with Crippen LogP contribution in [0.2, 0.25) is 0 Å². The van der Waals surface area contributed by atoms with E-state index in [0.717, 1.165) is 17.1 Å². The third-order valence-corrected chi connectivity index (χ3v) is 3.82. The molecule has 3 aromatic rings. The molecule has 0 atom stereocenters. The number of hydrogen-bond acceptors (Lipinski definition) is 6. The van der Waals surface area contributed by atoms with Gasteiger partial charge in [-0.25, -0.2) is 0 Å². The first-order chi connectivity index (χ1) is 13.0. The summed E-state index contributed by atoms with van der Waals surface area (Å²) in [5, 5.41) is 23.9. The minimum absolute atomic E-state index is 0.0675. The first kappa shape index (κ1) is 17.9. The summed E-state index contributed by atoms with van der Waals surface area (Å²) in [6.45, 7) is 0. The standard InChI is InChI=1S/C20H17N3O4/c1-27-19-9-6-17(7-10-19)22-16-4-2-15(3-5-16)21-13-14-12-18(23(25)26)8-11-20(14)24/h2-13,22,24H,1H3. The average Bonchev–Trinajstić information content (AvgIpc) is 2.69. The average molecular weight is 363 g/mol. The van der Waals surface area contributed by atoms with Crippen molar-refractivity contribution >= 4 is 29.0 Å². The Kier molecular flexibility index (Phi) is 5.32. The normalized spacial score (nSPS) is 10.7. The van der Waals surface area contributed by atoms with Crippen molar-refractivity contribution in [1.29, 1.82) is 0 Å². The van der Waals surface area contributed by atoms with Gasteiger partial charge in [0.15, 0.2) is 0 Å². The van der Waals surface area contributed by atoms with Crippen LogP contribution in [0.25, 0.3) is 0 Å². The van der Waals surface area contributed by atoms with Crippen LogP contribution >= 0.6 is 0 Å². The van der Waals surface area contributed by atoms with E-state index in [4.69, 9.17) is 4.74 Å². The summed E-state index contributed by atoms with van der Waals surface area (Å²) in [5.41, 5.74) is 2.64. The Hall–Kier alpha value is -3.87. The molecule has 0 heterocycles. The van der Waals surface area contributed by atoms with Crippen molar-refractivity contribution in [1.82, 2.24) is 0 Å². The summed E-state index contributed by atoms with van der Waals surface area (Å²) in [4.78, 5) is 14.6. The van der Waals surface area contributed by atoms with Gasteiger partial charge in [0.2, 0.25) is 0 Å². The predicted octanol–water partition coefficient (Wildman–Crippen LogP) is 4.80. The van der Waals surface area contributed by atoms with Crippen molar-refractivity contribution in [2.24, 2.45) is 4.99 Å². The molecule has 7 heteroatoms. The molecule has 0 aliphatic carbocycles. The quantitative estimate of drug-likeness (QED) is 0.372. The molecule has 0 fully saturated rings. The van der Waals surface area contributed by atoms with Crippen LogP contribution in [0.4, 0.5) is 22.7 Å². The van der Waals surface area contributed by atoms with E-state index in [9.17, 15) is 15.2 Å². The lowest BCUT2D eigenvalue weighted by molar-refractivity contribution is -0.384. The SMILES string of the molecule is COc1ccc(Nc2ccc(N=Cc3cc([N+](=O)[O-])ccc3O)cc2)cc1. The molecule has 3 rings (SSSR count). The molecule has 0 radical (unpaired) electrons. The van der Waals surface area contributed by atoms with Gasteiger partial charge in [-0.1, -0.05) is 0 Å². The highest BCUT2D eigenvalue weighted by atomic mass is 16.6. The van der Waals surface area contributed by atoms with E-state index >= 15 is 0 Å². The number of methoxy groups -OCH3 is 1. The fraction of sp³-hybridized carbons (Fsp3) is 0.0500. The Balaban J connectivity index is 1.71. The third-order valence-electron chi connectivity index (χ3n) is 3.82. The van der Waals surface area contributed by atoms with Crippen LogP contribution < -0.4 is 10.1 Å². The molecule has 0 saturated heterocycles. The van der Waals surface area contributed by atoms with Crippen molar-refractivity contribution in [3.8, 4) is 11.5 Å². The molecular weight excluding hydrogens is 346 g/mol. The molecule has 0 bridgehead atoms. The van der Waals surface area contributed by atoms with Gasteiger partial charge in [0.1, 0.15) is 11.5 Å². The Bertz CT molecular complexity index is 968. The van der Waals surface area contributed by atoms with Crippen LogP contribution in [-0.2, 0) is 0 Å². The second kappa shape index (κ2) is 8.01. The zero-order valence-corrected chi connectivity index (χ0v) is 14.5. The van der Waals surface area contributed by atoms with E-state index in [-0.39, 0.29) is 17.0 Å². The lowest BCUT2D eigenvalue weighted by Crippen LogP contribution is -1.91. The molecule has 136 valence electrons. The first-order valence-corrected chi connectivity index (χ1v) is 8.08. The molecule has 27 heavy (non-hydrogen) atoms. The molecule has 3 aromatic carbocycles. The summed E-state index contributed by atoms with van der Waals surface area (Å²) in [5.74, 6) is 0.719. The third kappa shape index (κ3) is 4.60. The largest absolute Gasteiger partial charge is 0.507 e. The number of aliphatic imine (C=N–C) groups is 1. The number of phenols is 1. The predicted molar refractivity (Wildman–Crippen MR) is 105 cm³/mol. The van der Waals surface area contributed by atoms with Gasteiger partial charge < -0.3 is 15.2 Å². The maximum Gasteiger partial charge on any atom is 0.270 e. The van der Waals surface area contributed by atoms with Crippen LogP contribution in [-0.4, -0.2) is 23.4 Å². The lowest BCUT2D eigenvalue weighted by atomic mass is 10.2. The molecule has 0 aliphatic heterocycles. The number of non-ortho nitro benzene ring substituents is 1. The van der Waals surface area contributed by atoms with Gasteiger partial charge >= 0.3 is 0 Å². The van der Waals surface area contributed by atoms with Gasteiger partial charge in [-0.3, -0.25) is 15.1 Å². The fourth-order valence-corrected chi connectivity index (χ4v) is 2.37. The molecule has 0 aliphatic rings. The van der Waals surface area contributed by atoms with E-state index < -0.39 is 4.92 Å². The zero-order chi connectivity index (χ0) is 19.2. The Morgan fingerprint density at radius 1 is 1.04 bits per heavy atom. The molecule has 2 N–H and O–H groups in total. The summed E-state index contributed by atoms with van der Waals surface area (Å²) in [6.07, 6.45) is 1.40. The fourth-order valence-electron chi connectivity index (χ4n) is 2.37. The maximum absolute atomic E-state index is 10.8. The lowest BCUT2D eigenvalue weighted by Gasteiger charge is -2.07. The van der Waals surface area contributed by atoms with E-state index in [1.54, 1.807) is 19.2 Å². The number of benzene rings is 3. The van der Waals surface area contributed by atoms with Crippen LogP contribution in [0, 0.1) is 10.1 Å². The highest BCUT2D eigenvalue weighted by Gasteiger charge is 2.08. The van der Waals surface area contributed by atoms with Crippen molar-refractivity contribution < 1.29 is 14.8 Å². The first-order valence-electron chi connectivity index (χ1n) is 8.08. The molecule has 0 saturated carbocycles. The molecule has 7 nitrogen and oxygen atoms in total. The highest BCUT2D eigenvalue weighted by Crippen LogP contribution is 2.24. The minimum atomic E-state index is -0.517. The molecule has 0 amide bonds. The van der Waals surface area contributed by atoms with Gasteiger partial charge in [0.25, 0.3) is 5.69 Å². The van der Waals surface area contributed by atoms with Crippen LogP contribution in [0.3, 0.4) is 0 Å². The van der Waals surface area contributed by atoms with E-state index in [1.807, 2.05) is 36.4 Å². The molecular formula is C20H17N3O4. The zero-order valence-electron chi connectivity index (χ0n) is 14.5. The Labute approximate surface area is 155 Å². The number of phenolic OH excluding ortho intramolecular Hbond substituents is 1. The summed E-state index contributed by atoms with van der Waals surface area (Å²) >= 11 is 0. The number of nitro groups is 1. The van der Waals surface area contributed by atoms with Crippen LogP contribution in [0.5, 0.6) is 11.5 Å². The molecule has 0 unspecified atom stereocenters.